The van der Waals surface area contributed by atoms with Crippen LogP contribution < -0.4 is 10.1 Å². The molecule has 0 aliphatic heterocycles. The molecule has 6 heteroatoms. The number of hydrogen-bond acceptors (Lipinski definition) is 3. The topological polar surface area (TPSA) is 62.1 Å². The first kappa shape index (κ1) is 15.2. The molecule has 0 unspecified atom stereocenters. The second-order valence-electron chi connectivity index (χ2n) is 4.10. The summed E-state index contributed by atoms with van der Waals surface area (Å²) in [4.78, 5) is 11.7. The van der Waals surface area contributed by atoms with E-state index in [1.807, 2.05) is 6.07 Å². The predicted octanol–water partition coefficient (Wildman–Crippen LogP) is 3.88. The molecule has 0 fully saturated rings. The monoisotopic (exact) mass is 320 g/mol. The molecule has 4 nitrogen and oxygen atoms in total. The van der Waals surface area contributed by atoms with Gasteiger partial charge < -0.3 is 10.1 Å². The summed E-state index contributed by atoms with van der Waals surface area (Å²) >= 11 is 11.6. The SMILES string of the molecule is N#Cc1ccc(OCC(=O)Nc2ccc(Cl)c(Cl)c2)cc1. The number of nitrogens with one attached hydrogen (secondary N) is 1. The van der Waals surface area contributed by atoms with Gasteiger partial charge in [0.1, 0.15) is 5.75 Å². The maximum Gasteiger partial charge on any atom is 0.262 e. The van der Waals surface area contributed by atoms with Crippen LogP contribution in [0.15, 0.2) is 42.5 Å². The largest absolute Gasteiger partial charge is 0.484 e. The van der Waals surface area contributed by atoms with Crippen molar-refractivity contribution in [2.75, 3.05) is 11.9 Å². The number of carbonyl (C=O) groups excluding carboxylic acids is 1. The summed E-state index contributed by atoms with van der Waals surface area (Å²) in [6.45, 7) is -0.147. The summed E-state index contributed by atoms with van der Waals surface area (Å²) in [5.41, 5.74) is 1.07. The standard InChI is InChI=1S/C15H10Cl2N2O2/c16-13-6-3-11(7-14(13)17)19-15(20)9-21-12-4-1-10(8-18)2-5-12/h1-7H,9H2,(H,19,20). The molecule has 0 spiro atoms. The first-order valence-corrected chi connectivity index (χ1v) is 6.72. The number of rotatable bonds is 4. The van der Waals surface area contributed by atoms with Crippen molar-refractivity contribution in [2.45, 2.75) is 0 Å². The Bertz CT molecular complexity index is 694. The van der Waals surface area contributed by atoms with E-state index < -0.39 is 0 Å². The average Bonchev–Trinajstić information content (AvgIpc) is 2.49. The third kappa shape index (κ3) is 4.38. The molecule has 0 saturated carbocycles. The Labute approximate surface area is 131 Å². The lowest BCUT2D eigenvalue weighted by Gasteiger charge is -2.08. The molecule has 2 aromatic carbocycles. The van der Waals surface area contributed by atoms with Crippen molar-refractivity contribution < 1.29 is 9.53 Å². The second-order valence-corrected chi connectivity index (χ2v) is 4.92. The van der Waals surface area contributed by atoms with Crippen molar-refractivity contribution in [2.24, 2.45) is 0 Å². The zero-order valence-electron chi connectivity index (χ0n) is 10.8. The molecule has 1 N–H and O–H groups in total. The minimum Gasteiger partial charge on any atom is -0.484 e. The van der Waals surface area contributed by atoms with Gasteiger partial charge in [-0.05, 0) is 42.5 Å². The van der Waals surface area contributed by atoms with Crippen molar-refractivity contribution in [1.29, 1.82) is 5.26 Å². The maximum atomic E-state index is 11.7. The van der Waals surface area contributed by atoms with E-state index in [9.17, 15) is 4.79 Å². The van der Waals surface area contributed by atoms with E-state index in [2.05, 4.69) is 5.32 Å². The highest BCUT2D eigenvalue weighted by molar-refractivity contribution is 6.42. The molecule has 21 heavy (non-hydrogen) atoms. The van der Waals surface area contributed by atoms with Crippen LogP contribution >= 0.6 is 23.2 Å². The minimum absolute atomic E-state index is 0.147. The van der Waals surface area contributed by atoms with Crippen LogP contribution in [0.4, 0.5) is 5.69 Å². The molecule has 0 aliphatic carbocycles. The molecule has 0 aromatic heterocycles. The number of anilines is 1. The van der Waals surface area contributed by atoms with Gasteiger partial charge in [0.15, 0.2) is 6.61 Å². The van der Waals surface area contributed by atoms with Crippen molar-refractivity contribution in [1.82, 2.24) is 0 Å². The molecular weight excluding hydrogens is 311 g/mol. The molecule has 2 rings (SSSR count). The third-order valence-corrected chi connectivity index (χ3v) is 3.30. The fraction of sp³-hybridized carbons (Fsp3) is 0.0667. The summed E-state index contributed by atoms with van der Waals surface area (Å²) in [6, 6.07) is 13.3. The highest BCUT2D eigenvalue weighted by Crippen LogP contribution is 2.24. The fourth-order valence-corrected chi connectivity index (χ4v) is 1.84. The van der Waals surface area contributed by atoms with Crippen molar-refractivity contribution in [3.63, 3.8) is 0 Å². The van der Waals surface area contributed by atoms with Gasteiger partial charge in [-0.2, -0.15) is 5.26 Å². The van der Waals surface area contributed by atoms with Gasteiger partial charge in [0, 0.05) is 5.69 Å². The Morgan fingerprint density at radius 2 is 1.86 bits per heavy atom. The first-order chi connectivity index (χ1) is 10.1. The number of benzene rings is 2. The van der Waals surface area contributed by atoms with Crippen LogP contribution in [0.2, 0.25) is 10.0 Å². The lowest BCUT2D eigenvalue weighted by Crippen LogP contribution is -2.20. The summed E-state index contributed by atoms with van der Waals surface area (Å²) < 4.78 is 5.31. The molecule has 0 atom stereocenters. The Kier molecular flexibility index (Phi) is 5.04. The lowest BCUT2D eigenvalue weighted by molar-refractivity contribution is -0.118. The average molecular weight is 321 g/mol. The predicted molar refractivity (Wildman–Crippen MR) is 81.7 cm³/mol. The van der Waals surface area contributed by atoms with Gasteiger partial charge >= 0.3 is 0 Å². The molecule has 2 aromatic rings. The zero-order chi connectivity index (χ0) is 15.2. The maximum absolute atomic E-state index is 11.7. The van der Waals surface area contributed by atoms with Gasteiger partial charge in [-0.3, -0.25) is 4.79 Å². The van der Waals surface area contributed by atoms with Gasteiger partial charge in [-0.25, -0.2) is 0 Å². The number of nitriles is 1. The third-order valence-electron chi connectivity index (χ3n) is 2.56. The lowest BCUT2D eigenvalue weighted by atomic mass is 10.2. The van der Waals surface area contributed by atoms with E-state index in [1.54, 1.807) is 42.5 Å². The van der Waals surface area contributed by atoms with E-state index in [-0.39, 0.29) is 12.5 Å². The minimum atomic E-state index is -0.322. The number of nitrogens with zero attached hydrogens (tertiary/aromatic N) is 1. The van der Waals surface area contributed by atoms with Crippen LogP contribution in [0.3, 0.4) is 0 Å². The smallest absolute Gasteiger partial charge is 0.262 e. The quantitative estimate of drug-likeness (QED) is 0.929. The number of ether oxygens (including phenoxy) is 1. The van der Waals surface area contributed by atoms with E-state index in [0.717, 1.165) is 0 Å². The Morgan fingerprint density at radius 1 is 1.14 bits per heavy atom. The van der Waals surface area contributed by atoms with Gasteiger partial charge in [-0.15, -0.1) is 0 Å². The molecule has 0 heterocycles. The van der Waals surface area contributed by atoms with Crippen LogP contribution in [0.25, 0.3) is 0 Å². The summed E-state index contributed by atoms with van der Waals surface area (Å²) in [7, 11) is 0. The Hall–Kier alpha value is -2.22. The highest BCUT2D eigenvalue weighted by Gasteiger charge is 2.05. The molecule has 0 aliphatic rings. The van der Waals surface area contributed by atoms with E-state index in [4.69, 9.17) is 33.2 Å². The van der Waals surface area contributed by atoms with Crippen LogP contribution in [0.1, 0.15) is 5.56 Å². The molecule has 1 amide bonds. The zero-order valence-corrected chi connectivity index (χ0v) is 12.3. The fourth-order valence-electron chi connectivity index (χ4n) is 1.55. The Balaban J connectivity index is 1.89. The Morgan fingerprint density at radius 3 is 2.48 bits per heavy atom. The first-order valence-electron chi connectivity index (χ1n) is 5.96. The summed E-state index contributed by atoms with van der Waals surface area (Å²) in [5.74, 6) is 0.191. The van der Waals surface area contributed by atoms with Gasteiger partial charge in [-0.1, -0.05) is 23.2 Å². The number of amides is 1. The molecule has 0 saturated heterocycles. The number of carbonyl (C=O) groups is 1. The van der Waals surface area contributed by atoms with Gasteiger partial charge in [0.2, 0.25) is 0 Å². The van der Waals surface area contributed by atoms with E-state index in [1.165, 1.54) is 0 Å². The van der Waals surface area contributed by atoms with E-state index >= 15 is 0 Å². The van der Waals surface area contributed by atoms with Crippen LogP contribution in [-0.4, -0.2) is 12.5 Å². The van der Waals surface area contributed by atoms with Crippen molar-refractivity contribution in [3.05, 3.63) is 58.1 Å². The summed E-state index contributed by atoms with van der Waals surface area (Å²) in [6.07, 6.45) is 0. The molecule has 0 radical (unpaired) electrons. The second kappa shape index (κ2) is 6.98. The number of halogens is 2. The van der Waals surface area contributed by atoms with Gasteiger partial charge in [0.25, 0.3) is 5.91 Å². The molecule has 106 valence electrons. The van der Waals surface area contributed by atoms with Crippen LogP contribution in [0.5, 0.6) is 5.75 Å². The summed E-state index contributed by atoms with van der Waals surface area (Å²) in [5, 5.41) is 12.1. The van der Waals surface area contributed by atoms with Crippen LogP contribution in [-0.2, 0) is 4.79 Å². The van der Waals surface area contributed by atoms with Crippen molar-refractivity contribution in [3.8, 4) is 11.8 Å². The van der Waals surface area contributed by atoms with E-state index in [0.29, 0.717) is 27.0 Å². The molecule has 0 bridgehead atoms. The van der Waals surface area contributed by atoms with Crippen molar-refractivity contribution >= 4 is 34.8 Å². The normalized spacial score (nSPS) is 9.76. The number of hydrogen-bond donors (Lipinski definition) is 1. The van der Waals surface area contributed by atoms with Gasteiger partial charge in [0.05, 0.1) is 21.7 Å². The van der Waals surface area contributed by atoms with Crippen LogP contribution in [0, 0.1) is 11.3 Å². The highest BCUT2D eigenvalue weighted by atomic mass is 35.5. The molecular formula is C15H10Cl2N2O2.